The normalized spacial score (nSPS) is 19.4. The van der Waals surface area contributed by atoms with E-state index in [9.17, 15) is 9.59 Å². The molecule has 0 N–H and O–H groups in total. The quantitative estimate of drug-likeness (QED) is 0.614. The van der Waals surface area contributed by atoms with Crippen molar-refractivity contribution < 1.29 is 14.3 Å². The fourth-order valence-corrected chi connectivity index (χ4v) is 3.01. The van der Waals surface area contributed by atoms with Gasteiger partial charge in [0, 0.05) is 11.1 Å². The van der Waals surface area contributed by atoms with Crippen LogP contribution in [0.2, 0.25) is 0 Å². The summed E-state index contributed by atoms with van der Waals surface area (Å²) in [6, 6.07) is 5.20. The van der Waals surface area contributed by atoms with E-state index >= 15 is 0 Å². The largest absolute Gasteiger partial charge is 0.465 e. The van der Waals surface area contributed by atoms with Crippen molar-refractivity contribution in [1.29, 1.82) is 0 Å². The number of esters is 1. The molecule has 0 radical (unpaired) electrons. The van der Waals surface area contributed by atoms with Crippen molar-refractivity contribution >= 4 is 11.8 Å². The summed E-state index contributed by atoms with van der Waals surface area (Å²) in [4.78, 5) is 24.1. The summed E-state index contributed by atoms with van der Waals surface area (Å²) in [5.41, 5.74) is 4.35. The first-order valence-corrected chi connectivity index (χ1v) is 7.34. The summed E-state index contributed by atoms with van der Waals surface area (Å²) in [6.45, 7) is 0. The highest BCUT2D eigenvalue weighted by molar-refractivity contribution is 6.11. The van der Waals surface area contributed by atoms with Crippen LogP contribution in [0, 0.1) is 0 Å². The highest BCUT2D eigenvalue weighted by Gasteiger charge is 2.23. The number of rotatable bonds is 2. The van der Waals surface area contributed by atoms with Crippen molar-refractivity contribution in [2.75, 3.05) is 7.11 Å². The zero-order valence-corrected chi connectivity index (χ0v) is 12.1. The van der Waals surface area contributed by atoms with Gasteiger partial charge >= 0.3 is 5.97 Å². The molecule has 108 valence electrons. The Morgan fingerprint density at radius 1 is 1.24 bits per heavy atom. The Labute approximate surface area is 124 Å². The van der Waals surface area contributed by atoms with Crippen LogP contribution in [0.25, 0.3) is 0 Å². The van der Waals surface area contributed by atoms with Crippen molar-refractivity contribution in [3.63, 3.8) is 0 Å². The molecule has 21 heavy (non-hydrogen) atoms. The minimum Gasteiger partial charge on any atom is -0.465 e. The van der Waals surface area contributed by atoms with Gasteiger partial charge in [-0.2, -0.15) is 0 Å². The molecule has 0 fully saturated rings. The molecule has 0 bridgehead atoms. The maximum atomic E-state index is 12.5. The van der Waals surface area contributed by atoms with Gasteiger partial charge < -0.3 is 4.74 Å². The van der Waals surface area contributed by atoms with Crippen LogP contribution in [0.15, 0.2) is 41.5 Å². The topological polar surface area (TPSA) is 43.4 Å². The van der Waals surface area contributed by atoms with Gasteiger partial charge in [-0.05, 0) is 55.9 Å². The zero-order valence-electron chi connectivity index (χ0n) is 12.1. The van der Waals surface area contributed by atoms with Crippen LogP contribution >= 0.6 is 0 Å². The van der Waals surface area contributed by atoms with E-state index < -0.39 is 0 Å². The van der Waals surface area contributed by atoms with Crippen LogP contribution in [-0.4, -0.2) is 18.9 Å². The van der Waals surface area contributed by atoms with Gasteiger partial charge in [0.25, 0.3) is 0 Å². The number of carbonyl (C=O) groups excluding carboxylic acids is 2. The number of hydrogen-bond acceptors (Lipinski definition) is 3. The third kappa shape index (κ3) is 2.68. The molecule has 0 saturated heterocycles. The molecule has 0 saturated carbocycles. The first kappa shape index (κ1) is 13.8. The average Bonchev–Trinajstić information content (AvgIpc) is 3.02. The minimum absolute atomic E-state index is 0.0977. The first-order valence-electron chi connectivity index (χ1n) is 7.34. The van der Waals surface area contributed by atoms with Gasteiger partial charge in [0.2, 0.25) is 0 Å². The van der Waals surface area contributed by atoms with Crippen molar-refractivity contribution in [1.82, 2.24) is 0 Å². The van der Waals surface area contributed by atoms with Crippen molar-refractivity contribution in [2.24, 2.45) is 0 Å². The number of fused-ring (bicyclic) bond motifs is 1. The highest BCUT2D eigenvalue weighted by Crippen LogP contribution is 2.29. The molecule has 2 aliphatic carbocycles. The number of carbonyl (C=O) groups is 2. The average molecular weight is 282 g/mol. The van der Waals surface area contributed by atoms with Gasteiger partial charge in [-0.1, -0.05) is 17.7 Å². The second kappa shape index (κ2) is 5.68. The van der Waals surface area contributed by atoms with E-state index in [4.69, 9.17) is 4.74 Å². The summed E-state index contributed by atoms with van der Waals surface area (Å²) in [5, 5.41) is 0. The third-order valence-electron chi connectivity index (χ3n) is 4.16. The Morgan fingerprint density at radius 3 is 2.81 bits per heavy atom. The standard InChI is InChI=1S/C18H18O3/c1-21-18(20)15-8-9-16-13(11-15)6-7-14(17(16)19)10-12-4-2-3-5-12/h4,8-11H,2-3,5-7H2,1H3/b14-10-. The number of hydrogen-bond donors (Lipinski definition) is 0. The van der Waals surface area contributed by atoms with E-state index in [-0.39, 0.29) is 11.8 Å². The molecular formula is C18H18O3. The smallest absolute Gasteiger partial charge is 0.337 e. The second-order valence-electron chi connectivity index (χ2n) is 5.53. The monoisotopic (exact) mass is 282 g/mol. The minimum atomic E-state index is -0.359. The third-order valence-corrected chi connectivity index (χ3v) is 4.16. The number of methoxy groups -OCH3 is 1. The van der Waals surface area contributed by atoms with Gasteiger partial charge in [-0.25, -0.2) is 4.79 Å². The lowest BCUT2D eigenvalue weighted by molar-refractivity contribution is 0.0600. The molecule has 0 atom stereocenters. The maximum absolute atomic E-state index is 12.5. The molecule has 1 aromatic carbocycles. The summed E-state index contributed by atoms with van der Waals surface area (Å²) in [6.07, 6.45) is 9.20. The molecule has 0 heterocycles. The van der Waals surface area contributed by atoms with Gasteiger partial charge in [-0.15, -0.1) is 0 Å². The van der Waals surface area contributed by atoms with Crippen LogP contribution in [0.5, 0.6) is 0 Å². The number of ether oxygens (including phenoxy) is 1. The molecule has 0 amide bonds. The van der Waals surface area contributed by atoms with Gasteiger partial charge in [-0.3, -0.25) is 4.79 Å². The van der Waals surface area contributed by atoms with Gasteiger partial charge in [0.05, 0.1) is 12.7 Å². The maximum Gasteiger partial charge on any atom is 0.337 e. The molecule has 1 aromatic rings. The summed E-state index contributed by atoms with van der Waals surface area (Å²) in [7, 11) is 1.36. The Morgan fingerprint density at radius 2 is 2.10 bits per heavy atom. The number of benzene rings is 1. The lowest BCUT2D eigenvalue weighted by Gasteiger charge is -2.18. The number of aryl methyl sites for hydroxylation is 1. The Hall–Kier alpha value is -2.16. The molecular weight excluding hydrogens is 264 g/mol. The van der Waals surface area contributed by atoms with E-state index in [1.165, 1.54) is 19.1 Å². The van der Waals surface area contributed by atoms with Crippen LogP contribution < -0.4 is 0 Å². The summed E-state index contributed by atoms with van der Waals surface area (Å²) in [5.74, 6) is -0.261. The Bertz CT molecular complexity index is 665. The van der Waals surface area contributed by atoms with E-state index in [0.717, 1.165) is 42.4 Å². The van der Waals surface area contributed by atoms with Crippen molar-refractivity contribution in [3.05, 3.63) is 58.2 Å². The van der Waals surface area contributed by atoms with Gasteiger partial charge in [0.1, 0.15) is 0 Å². The number of ketones is 1. The Kier molecular flexibility index (Phi) is 3.74. The number of Topliss-reactive ketones (excluding diaryl/α,β-unsaturated/α-hetero) is 1. The molecule has 0 spiro atoms. The van der Waals surface area contributed by atoms with Crippen LogP contribution in [0.3, 0.4) is 0 Å². The molecule has 0 aliphatic heterocycles. The van der Waals surface area contributed by atoms with Crippen LogP contribution in [-0.2, 0) is 11.2 Å². The molecule has 3 heteroatoms. The van der Waals surface area contributed by atoms with E-state index in [1.807, 2.05) is 0 Å². The second-order valence-corrected chi connectivity index (χ2v) is 5.53. The molecule has 3 rings (SSSR count). The van der Waals surface area contributed by atoms with Crippen molar-refractivity contribution in [3.8, 4) is 0 Å². The fraction of sp³-hybridized carbons (Fsp3) is 0.333. The molecule has 0 aromatic heterocycles. The highest BCUT2D eigenvalue weighted by atomic mass is 16.5. The predicted octanol–water partition coefficient (Wildman–Crippen LogP) is 3.64. The van der Waals surface area contributed by atoms with Crippen LogP contribution in [0.1, 0.15) is 52.0 Å². The van der Waals surface area contributed by atoms with Gasteiger partial charge in [0.15, 0.2) is 5.78 Å². The lowest BCUT2D eigenvalue weighted by atomic mass is 9.85. The zero-order chi connectivity index (χ0) is 14.8. The van der Waals surface area contributed by atoms with Crippen LogP contribution in [0.4, 0.5) is 0 Å². The fourth-order valence-electron chi connectivity index (χ4n) is 3.01. The summed E-state index contributed by atoms with van der Waals surface area (Å²) < 4.78 is 4.72. The van der Waals surface area contributed by atoms with Crippen molar-refractivity contribution in [2.45, 2.75) is 32.1 Å². The van der Waals surface area contributed by atoms with E-state index in [0.29, 0.717) is 5.56 Å². The predicted molar refractivity (Wildman–Crippen MR) is 80.5 cm³/mol. The Balaban J connectivity index is 1.90. The molecule has 0 unspecified atom stereocenters. The summed E-state index contributed by atoms with van der Waals surface area (Å²) >= 11 is 0. The number of allylic oxidation sites excluding steroid dienone is 4. The molecule has 3 nitrogen and oxygen atoms in total. The SMILES string of the molecule is COC(=O)c1ccc2c(c1)CC/C(=C/C1=CCCC1)C2=O. The van der Waals surface area contributed by atoms with E-state index in [1.54, 1.807) is 18.2 Å². The lowest BCUT2D eigenvalue weighted by Crippen LogP contribution is -2.15. The molecule has 2 aliphatic rings. The first-order chi connectivity index (χ1) is 10.2. The van der Waals surface area contributed by atoms with E-state index in [2.05, 4.69) is 12.2 Å².